The average molecular weight is 367 g/mol. The quantitative estimate of drug-likeness (QED) is 0.833. The zero-order chi connectivity index (χ0) is 19.0. The Labute approximate surface area is 153 Å². The lowest BCUT2D eigenvalue weighted by atomic mass is 10.1. The van der Waals surface area contributed by atoms with E-state index < -0.39 is 35.6 Å². The Balaban J connectivity index is 1.48. The van der Waals surface area contributed by atoms with Gasteiger partial charge in [0, 0.05) is 5.69 Å². The summed E-state index contributed by atoms with van der Waals surface area (Å²) >= 11 is 0. The van der Waals surface area contributed by atoms with Gasteiger partial charge in [-0.25, -0.2) is 9.29 Å². The molecule has 3 amide bonds. The van der Waals surface area contributed by atoms with Gasteiger partial charge in [-0.3, -0.25) is 19.4 Å². The fourth-order valence-electron chi connectivity index (χ4n) is 3.10. The second kappa shape index (κ2) is 6.60. The molecule has 1 N–H and O–H groups in total. The Hall–Kier alpha value is -3.62. The number of amides is 3. The van der Waals surface area contributed by atoms with Crippen LogP contribution in [-0.2, 0) is 14.4 Å². The van der Waals surface area contributed by atoms with Gasteiger partial charge in [0.15, 0.2) is 12.1 Å². The van der Waals surface area contributed by atoms with E-state index in [-0.39, 0.29) is 12.2 Å². The van der Waals surface area contributed by atoms with Crippen LogP contribution in [0.5, 0.6) is 0 Å². The Bertz CT molecular complexity index is 949. The maximum atomic E-state index is 13.2. The van der Waals surface area contributed by atoms with Crippen LogP contribution in [0.15, 0.2) is 64.9 Å². The molecule has 0 saturated carbocycles. The topological polar surface area (TPSA) is 94.4 Å². The van der Waals surface area contributed by atoms with E-state index in [0.717, 1.165) is 4.90 Å². The molecule has 2 aliphatic heterocycles. The van der Waals surface area contributed by atoms with Crippen molar-refractivity contribution in [1.29, 1.82) is 0 Å². The number of fused-ring (bicyclic) bond motifs is 1. The largest absolute Gasteiger partial charge is 0.324 e. The van der Waals surface area contributed by atoms with Crippen LogP contribution in [-0.4, -0.2) is 41.4 Å². The summed E-state index contributed by atoms with van der Waals surface area (Å²) in [4.78, 5) is 38.6. The summed E-state index contributed by atoms with van der Waals surface area (Å²) < 4.78 is 13.2. The van der Waals surface area contributed by atoms with Crippen LogP contribution in [0.3, 0.4) is 0 Å². The van der Waals surface area contributed by atoms with Crippen LogP contribution >= 0.6 is 0 Å². The molecule has 0 radical (unpaired) electrons. The first kappa shape index (κ1) is 16.8. The maximum Gasteiger partial charge on any atom is 0.263 e. The Morgan fingerprint density at radius 3 is 2.59 bits per heavy atom. The number of para-hydroxylation sites is 1. The van der Waals surface area contributed by atoms with Gasteiger partial charge in [-0.2, -0.15) is 5.11 Å². The lowest BCUT2D eigenvalue weighted by Crippen LogP contribution is -2.43. The molecular formula is C18H14FN5O3. The minimum absolute atomic E-state index is 0.285. The lowest BCUT2D eigenvalue weighted by molar-refractivity contribution is -0.123. The number of anilines is 2. The Morgan fingerprint density at radius 2 is 1.85 bits per heavy atom. The van der Waals surface area contributed by atoms with Crippen LogP contribution in [0.4, 0.5) is 15.8 Å². The number of nitrogens with zero attached hydrogens (tertiary/aromatic N) is 4. The number of nitrogens with one attached hydrogen (secondary N) is 1. The molecule has 0 spiro atoms. The average Bonchev–Trinajstić information content (AvgIpc) is 3.16. The third-order valence-corrected chi connectivity index (χ3v) is 4.29. The molecule has 0 unspecified atom stereocenters. The van der Waals surface area contributed by atoms with Gasteiger partial charge in [0.05, 0.1) is 5.69 Å². The summed E-state index contributed by atoms with van der Waals surface area (Å²) in [6.07, 6.45) is 0. The number of imide groups is 1. The van der Waals surface area contributed by atoms with E-state index >= 15 is 0 Å². The minimum Gasteiger partial charge on any atom is -0.324 e. The molecule has 0 bridgehead atoms. The van der Waals surface area contributed by atoms with Crippen LogP contribution < -0.4 is 10.2 Å². The van der Waals surface area contributed by atoms with Gasteiger partial charge < -0.3 is 5.32 Å². The van der Waals surface area contributed by atoms with Gasteiger partial charge in [0.2, 0.25) is 5.91 Å². The molecule has 27 heavy (non-hydrogen) atoms. The third kappa shape index (κ3) is 3.03. The van der Waals surface area contributed by atoms with Crippen molar-refractivity contribution in [3.63, 3.8) is 0 Å². The van der Waals surface area contributed by atoms with Crippen LogP contribution in [0.2, 0.25) is 0 Å². The molecule has 9 heteroatoms. The van der Waals surface area contributed by atoms with Crippen molar-refractivity contribution in [2.45, 2.75) is 12.1 Å². The molecule has 2 atom stereocenters. The molecule has 2 aliphatic rings. The molecule has 1 saturated heterocycles. The SMILES string of the molecule is O=C(CN1N=N[C@@H]2C(=O)N(c3ccccc3)C(=O)[C@H]21)Nc1cccc(F)c1. The summed E-state index contributed by atoms with van der Waals surface area (Å²) in [6.45, 7) is -0.289. The van der Waals surface area contributed by atoms with Gasteiger partial charge in [0.25, 0.3) is 11.8 Å². The predicted molar refractivity (Wildman–Crippen MR) is 93.1 cm³/mol. The summed E-state index contributed by atoms with van der Waals surface area (Å²) in [7, 11) is 0. The molecule has 2 aromatic carbocycles. The number of hydrogen-bond donors (Lipinski definition) is 1. The second-order valence-electron chi connectivity index (χ2n) is 6.10. The van der Waals surface area contributed by atoms with E-state index in [4.69, 9.17) is 0 Å². The monoisotopic (exact) mass is 367 g/mol. The van der Waals surface area contributed by atoms with Crippen molar-refractivity contribution in [3.05, 3.63) is 60.4 Å². The Kier molecular flexibility index (Phi) is 4.11. The van der Waals surface area contributed by atoms with Crippen molar-refractivity contribution >= 4 is 29.1 Å². The van der Waals surface area contributed by atoms with Crippen LogP contribution in [0, 0.1) is 5.82 Å². The van der Waals surface area contributed by atoms with Crippen LogP contribution in [0.1, 0.15) is 0 Å². The number of rotatable bonds is 4. The molecular weight excluding hydrogens is 353 g/mol. The maximum absolute atomic E-state index is 13.2. The molecule has 8 nitrogen and oxygen atoms in total. The summed E-state index contributed by atoms with van der Waals surface area (Å²) in [5, 5.41) is 11.4. The van der Waals surface area contributed by atoms with E-state index in [1.807, 2.05) is 0 Å². The van der Waals surface area contributed by atoms with Crippen LogP contribution in [0.25, 0.3) is 0 Å². The van der Waals surface area contributed by atoms with Crippen molar-refractivity contribution in [2.75, 3.05) is 16.8 Å². The smallest absolute Gasteiger partial charge is 0.263 e. The van der Waals surface area contributed by atoms with Crippen molar-refractivity contribution in [2.24, 2.45) is 10.3 Å². The molecule has 4 rings (SSSR count). The zero-order valence-corrected chi connectivity index (χ0v) is 13.9. The van der Waals surface area contributed by atoms with E-state index in [1.54, 1.807) is 30.3 Å². The van der Waals surface area contributed by atoms with Gasteiger partial charge in [-0.15, -0.1) is 0 Å². The number of halogens is 1. The molecule has 2 heterocycles. The number of carbonyl (C=O) groups excluding carboxylic acids is 3. The first-order valence-electron chi connectivity index (χ1n) is 8.20. The van der Waals surface area contributed by atoms with Gasteiger partial charge in [0.1, 0.15) is 12.4 Å². The highest BCUT2D eigenvalue weighted by Crippen LogP contribution is 2.31. The standard InChI is InChI=1S/C18H14FN5O3/c19-11-5-4-6-12(9-11)20-14(25)10-23-16-15(21-22-23)17(26)24(18(16)27)13-7-2-1-3-8-13/h1-9,15-16H,10H2,(H,20,25)/t15-,16-/m0/s1. The minimum atomic E-state index is -0.973. The van der Waals surface area contributed by atoms with Crippen molar-refractivity contribution in [3.8, 4) is 0 Å². The molecule has 0 aromatic heterocycles. The molecule has 2 aromatic rings. The number of benzene rings is 2. The van der Waals surface area contributed by atoms with E-state index in [0.29, 0.717) is 5.69 Å². The summed E-state index contributed by atoms with van der Waals surface area (Å²) in [6, 6.07) is 12.0. The van der Waals surface area contributed by atoms with Gasteiger partial charge in [-0.05, 0) is 30.3 Å². The van der Waals surface area contributed by atoms with E-state index in [9.17, 15) is 18.8 Å². The highest BCUT2D eigenvalue weighted by molar-refractivity contribution is 6.25. The highest BCUT2D eigenvalue weighted by atomic mass is 19.1. The predicted octanol–water partition coefficient (Wildman–Crippen LogP) is 1.76. The molecule has 0 aliphatic carbocycles. The normalized spacial score (nSPS) is 20.9. The number of carbonyl (C=O) groups is 3. The molecule has 136 valence electrons. The van der Waals surface area contributed by atoms with Crippen molar-refractivity contribution in [1.82, 2.24) is 5.01 Å². The third-order valence-electron chi connectivity index (χ3n) is 4.29. The number of hydrogen-bond acceptors (Lipinski definition) is 6. The fourth-order valence-corrected chi connectivity index (χ4v) is 3.10. The zero-order valence-electron chi connectivity index (χ0n) is 13.9. The van der Waals surface area contributed by atoms with Crippen molar-refractivity contribution < 1.29 is 18.8 Å². The highest BCUT2D eigenvalue weighted by Gasteiger charge is 2.55. The molecule has 1 fully saturated rings. The van der Waals surface area contributed by atoms with Gasteiger partial charge in [-0.1, -0.05) is 29.5 Å². The first-order valence-corrected chi connectivity index (χ1v) is 8.20. The first-order chi connectivity index (χ1) is 13.0. The second-order valence-corrected chi connectivity index (χ2v) is 6.10. The van der Waals surface area contributed by atoms with E-state index in [1.165, 1.54) is 29.3 Å². The lowest BCUT2D eigenvalue weighted by Gasteiger charge is -2.20. The van der Waals surface area contributed by atoms with Gasteiger partial charge >= 0.3 is 0 Å². The Morgan fingerprint density at radius 1 is 1.07 bits per heavy atom. The summed E-state index contributed by atoms with van der Waals surface area (Å²) in [5.41, 5.74) is 0.730. The van der Waals surface area contributed by atoms with E-state index in [2.05, 4.69) is 15.7 Å². The summed E-state index contributed by atoms with van der Waals surface area (Å²) in [5.74, 6) is -1.95. The fraction of sp³-hybridized carbons (Fsp3) is 0.167.